The lowest BCUT2D eigenvalue weighted by molar-refractivity contribution is 0.592. The molecule has 1 unspecified atom stereocenters. The maximum atomic E-state index is 11.5. The van der Waals surface area contributed by atoms with Gasteiger partial charge in [0, 0.05) is 10.9 Å². The molecule has 0 N–H and O–H groups in total. The van der Waals surface area contributed by atoms with E-state index in [1.165, 1.54) is 11.4 Å². The van der Waals surface area contributed by atoms with Crippen LogP contribution in [0.15, 0.2) is 0 Å². The summed E-state index contributed by atoms with van der Waals surface area (Å²) in [7, 11) is 0. The molecular formula is C7H16ClOPS. The Morgan fingerprint density at radius 1 is 1.45 bits per heavy atom. The van der Waals surface area contributed by atoms with Crippen LogP contribution in [0.25, 0.3) is 0 Å². The maximum absolute atomic E-state index is 11.5. The predicted octanol–water partition coefficient (Wildman–Crippen LogP) is 4.36. The largest absolute Gasteiger partial charge is 0.295 e. The summed E-state index contributed by atoms with van der Waals surface area (Å²) in [5, 5.41) is 0. The second-order valence-electron chi connectivity index (χ2n) is 3.11. The summed E-state index contributed by atoms with van der Waals surface area (Å²) < 4.78 is 11.5. The molecule has 0 bridgehead atoms. The maximum Gasteiger partial charge on any atom is 0.222 e. The molecule has 0 aromatic heterocycles. The summed E-state index contributed by atoms with van der Waals surface area (Å²) in [6.07, 6.45) is 1.57. The Morgan fingerprint density at radius 3 is 2.18 bits per heavy atom. The molecule has 0 radical (unpaired) electrons. The number of rotatable bonds is 4. The first-order valence-electron chi connectivity index (χ1n) is 3.82. The molecule has 68 valence electrons. The molecule has 0 aromatic carbocycles. The highest BCUT2D eigenvalue weighted by atomic mass is 35.7. The average Bonchev–Trinajstić information content (AvgIpc) is 1.86. The molecule has 11 heavy (non-hydrogen) atoms. The molecule has 0 saturated heterocycles. The van der Waals surface area contributed by atoms with Crippen LogP contribution < -0.4 is 0 Å². The van der Waals surface area contributed by atoms with Crippen molar-refractivity contribution in [3.8, 4) is 0 Å². The van der Waals surface area contributed by atoms with Crippen LogP contribution in [-0.4, -0.2) is 10.9 Å². The Balaban J connectivity index is 4.14. The predicted molar refractivity (Wildman–Crippen MR) is 56.0 cm³/mol. The van der Waals surface area contributed by atoms with E-state index in [2.05, 4.69) is 20.8 Å². The fourth-order valence-electron chi connectivity index (χ4n) is 0.498. The smallest absolute Gasteiger partial charge is 0.222 e. The molecule has 1 atom stereocenters. The number of hydrogen-bond donors (Lipinski definition) is 0. The van der Waals surface area contributed by atoms with Gasteiger partial charge in [0.2, 0.25) is 5.70 Å². The van der Waals surface area contributed by atoms with E-state index in [1.54, 1.807) is 0 Å². The van der Waals surface area contributed by atoms with E-state index in [0.29, 0.717) is 6.16 Å². The third-order valence-electron chi connectivity index (χ3n) is 1.61. The van der Waals surface area contributed by atoms with Gasteiger partial charge in [0.1, 0.15) is 0 Å². The standard InChI is InChI=1S/C7H16ClOPS/c1-5-7(3,4)11-10(8,9)6-2/h5-6H2,1-4H3. The van der Waals surface area contributed by atoms with Crippen LogP contribution in [0.4, 0.5) is 0 Å². The van der Waals surface area contributed by atoms with Crippen LogP contribution in [-0.2, 0) is 4.57 Å². The van der Waals surface area contributed by atoms with E-state index in [4.69, 9.17) is 11.2 Å². The number of halogens is 1. The molecule has 4 heteroatoms. The summed E-state index contributed by atoms with van der Waals surface area (Å²) in [6, 6.07) is 0. The van der Waals surface area contributed by atoms with Crippen molar-refractivity contribution < 1.29 is 4.57 Å². The summed E-state index contributed by atoms with van der Waals surface area (Å²) >= 11 is 7.23. The van der Waals surface area contributed by atoms with Gasteiger partial charge in [0.05, 0.1) is 0 Å². The molecule has 0 aliphatic rings. The molecule has 0 spiro atoms. The van der Waals surface area contributed by atoms with E-state index >= 15 is 0 Å². The lowest BCUT2D eigenvalue weighted by Crippen LogP contribution is -2.11. The first-order chi connectivity index (χ1) is 4.83. The molecule has 0 saturated carbocycles. The molecule has 1 nitrogen and oxygen atoms in total. The second kappa shape index (κ2) is 4.20. The minimum Gasteiger partial charge on any atom is -0.295 e. The summed E-state index contributed by atoms with van der Waals surface area (Å²) in [4.78, 5) is 0. The fourth-order valence-corrected chi connectivity index (χ4v) is 6.16. The third kappa shape index (κ3) is 5.16. The van der Waals surface area contributed by atoms with Crippen LogP contribution in [0.2, 0.25) is 0 Å². The van der Waals surface area contributed by atoms with Crippen molar-refractivity contribution >= 4 is 28.3 Å². The van der Waals surface area contributed by atoms with Gasteiger partial charge in [-0.1, -0.05) is 39.1 Å². The summed E-state index contributed by atoms with van der Waals surface area (Å²) in [5.74, 6) is 0. The monoisotopic (exact) mass is 214 g/mol. The third-order valence-corrected chi connectivity index (χ3v) is 7.84. The molecule has 0 amide bonds. The Morgan fingerprint density at radius 2 is 1.91 bits per heavy atom. The van der Waals surface area contributed by atoms with Gasteiger partial charge in [0.25, 0.3) is 0 Å². The van der Waals surface area contributed by atoms with Crippen molar-refractivity contribution in [3.63, 3.8) is 0 Å². The van der Waals surface area contributed by atoms with Gasteiger partial charge in [-0.05, 0) is 17.7 Å². The van der Waals surface area contributed by atoms with Gasteiger partial charge in [-0.15, -0.1) is 0 Å². The Labute approximate surface area is 78.2 Å². The van der Waals surface area contributed by atoms with Gasteiger partial charge < -0.3 is 0 Å². The molecule has 0 fully saturated rings. The first-order valence-corrected chi connectivity index (χ1v) is 8.04. The molecule has 0 aromatic rings. The second-order valence-corrected chi connectivity index (χ2v) is 10.8. The normalized spacial score (nSPS) is 17.9. The van der Waals surface area contributed by atoms with E-state index in [1.807, 2.05) is 6.92 Å². The van der Waals surface area contributed by atoms with Crippen molar-refractivity contribution in [1.29, 1.82) is 0 Å². The molecule has 0 rings (SSSR count). The number of hydrogen-bond acceptors (Lipinski definition) is 2. The first kappa shape index (κ1) is 11.9. The highest BCUT2D eigenvalue weighted by molar-refractivity contribution is 8.65. The van der Waals surface area contributed by atoms with Crippen molar-refractivity contribution in [2.24, 2.45) is 0 Å². The van der Waals surface area contributed by atoms with E-state index in [0.717, 1.165) is 6.42 Å². The van der Waals surface area contributed by atoms with Gasteiger partial charge >= 0.3 is 0 Å². The Hall–Kier alpha value is 0.870. The van der Waals surface area contributed by atoms with Gasteiger partial charge in [-0.25, -0.2) is 0 Å². The van der Waals surface area contributed by atoms with Crippen molar-refractivity contribution in [3.05, 3.63) is 0 Å². The van der Waals surface area contributed by atoms with Crippen LogP contribution in [0, 0.1) is 0 Å². The van der Waals surface area contributed by atoms with Crippen LogP contribution >= 0.6 is 28.3 Å². The highest BCUT2D eigenvalue weighted by Gasteiger charge is 2.27. The van der Waals surface area contributed by atoms with E-state index in [9.17, 15) is 4.57 Å². The fraction of sp³-hybridized carbons (Fsp3) is 1.00. The Kier molecular flexibility index (Phi) is 4.54. The average molecular weight is 215 g/mol. The van der Waals surface area contributed by atoms with E-state index < -0.39 is 5.70 Å². The van der Waals surface area contributed by atoms with Gasteiger partial charge in [-0.3, -0.25) is 4.57 Å². The minimum atomic E-state index is -2.42. The quantitative estimate of drug-likeness (QED) is 0.647. The zero-order valence-corrected chi connectivity index (χ0v) is 10.0. The van der Waals surface area contributed by atoms with Crippen LogP contribution in [0.3, 0.4) is 0 Å². The highest BCUT2D eigenvalue weighted by Crippen LogP contribution is 2.67. The lowest BCUT2D eigenvalue weighted by atomic mass is 10.1. The van der Waals surface area contributed by atoms with Crippen molar-refractivity contribution in [1.82, 2.24) is 0 Å². The summed E-state index contributed by atoms with van der Waals surface area (Å²) in [5.41, 5.74) is -2.42. The molecule has 0 aliphatic carbocycles. The molecular weight excluding hydrogens is 199 g/mol. The minimum absolute atomic E-state index is 0.0489. The van der Waals surface area contributed by atoms with Crippen molar-refractivity contribution in [2.45, 2.75) is 38.9 Å². The van der Waals surface area contributed by atoms with Gasteiger partial charge in [-0.2, -0.15) is 0 Å². The van der Waals surface area contributed by atoms with Gasteiger partial charge in [0.15, 0.2) is 0 Å². The zero-order valence-electron chi connectivity index (χ0n) is 7.56. The molecule has 0 heterocycles. The zero-order chi connectivity index (χ0) is 9.12. The Bertz CT molecular complexity index is 170. The van der Waals surface area contributed by atoms with Crippen LogP contribution in [0.5, 0.6) is 0 Å². The van der Waals surface area contributed by atoms with Crippen molar-refractivity contribution in [2.75, 3.05) is 6.16 Å². The molecule has 0 aliphatic heterocycles. The van der Waals surface area contributed by atoms with E-state index in [-0.39, 0.29) is 4.75 Å². The van der Waals surface area contributed by atoms with Crippen LogP contribution in [0.1, 0.15) is 34.1 Å². The topological polar surface area (TPSA) is 17.1 Å². The lowest BCUT2D eigenvalue weighted by Gasteiger charge is -2.23. The SMILES string of the molecule is CCC(C)(C)SP(=O)(Cl)CC. The summed E-state index contributed by atoms with van der Waals surface area (Å²) in [6.45, 7) is 8.09.